The van der Waals surface area contributed by atoms with Gasteiger partial charge in [-0.3, -0.25) is 4.21 Å². The molecular weight excluding hydrogens is 275 g/mol. The van der Waals surface area contributed by atoms with Crippen molar-refractivity contribution in [1.29, 1.82) is 0 Å². The second-order valence-electron chi connectivity index (χ2n) is 4.57. The van der Waals surface area contributed by atoms with E-state index in [9.17, 15) is 8.60 Å². The number of hydrogen-bond acceptors (Lipinski definition) is 2. The average Bonchev–Trinajstić information content (AvgIpc) is 2.47. The summed E-state index contributed by atoms with van der Waals surface area (Å²) < 4.78 is 30.4. The molecule has 0 aliphatic heterocycles. The Morgan fingerprint density at radius 1 is 1.20 bits per heavy atom. The fourth-order valence-electron chi connectivity index (χ4n) is 1.94. The first-order valence-corrected chi connectivity index (χ1v) is 7.74. The molecular formula is C16H17FO2S. The molecule has 0 spiro atoms. The van der Waals surface area contributed by atoms with E-state index < -0.39 is 10.8 Å². The maximum Gasteiger partial charge on any atom is 0.123 e. The van der Waals surface area contributed by atoms with E-state index in [-0.39, 0.29) is 11.1 Å². The predicted molar refractivity (Wildman–Crippen MR) is 79.7 cm³/mol. The lowest BCUT2D eigenvalue weighted by atomic mass is 10.2. The Balaban J connectivity index is 2.09. The average molecular weight is 292 g/mol. The lowest BCUT2D eigenvalue weighted by Gasteiger charge is -2.12. The fourth-order valence-corrected chi connectivity index (χ4v) is 3.16. The first-order valence-electron chi connectivity index (χ1n) is 6.35. The monoisotopic (exact) mass is 292 g/mol. The van der Waals surface area contributed by atoms with Crippen molar-refractivity contribution in [2.24, 2.45) is 0 Å². The summed E-state index contributed by atoms with van der Waals surface area (Å²) in [6, 6.07) is 13.7. The van der Waals surface area contributed by atoms with Crippen molar-refractivity contribution in [2.75, 3.05) is 7.11 Å². The predicted octanol–water partition coefficient (Wildman–Crippen LogP) is 3.84. The van der Waals surface area contributed by atoms with Crippen LogP contribution < -0.4 is 4.74 Å². The quantitative estimate of drug-likeness (QED) is 0.837. The maximum absolute atomic E-state index is 12.9. The van der Waals surface area contributed by atoms with Gasteiger partial charge in [0.25, 0.3) is 0 Å². The summed E-state index contributed by atoms with van der Waals surface area (Å²) in [6.07, 6.45) is 0. The van der Waals surface area contributed by atoms with E-state index in [4.69, 9.17) is 4.74 Å². The minimum absolute atomic E-state index is 0.137. The van der Waals surface area contributed by atoms with Crippen LogP contribution >= 0.6 is 0 Å². The van der Waals surface area contributed by atoms with E-state index in [2.05, 4.69) is 0 Å². The molecule has 2 aromatic rings. The van der Waals surface area contributed by atoms with Gasteiger partial charge in [0.1, 0.15) is 11.6 Å². The molecule has 4 heteroatoms. The smallest absolute Gasteiger partial charge is 0.123 e. The van der Waals surface area contributed by atoms with Crippen LogP contribution in [-0.4, -0.2) is 11.3 Å². The Morgan fingerprint density at radius 2 is 1.90 bits per heavy atom. The minimum atomic E-state index is -1.06. The molecule has 0 amide bonds. The van der Waals surface area contributed by atoms with Crippen LogP contribution in [0.4, 0.5) is 4.39 Å². The second-order valence-corrected chi connectivity index (χ2v) is 6.33. The highest BCUT2D eigenvalue weighted by molar-refractivity contribution is 7.84. The molecule has 2 atom stereocenters. The van der Waals surface area contributed by atoms with Crippen LogP contribution in [0.1, 0.15) is 23.3 Å². The van der Waals surface area contributed by atoms with Crippen LogP contribution in [0.5, 0.6) is 5.75 Å². The van der Waals surface area contributed by atoms with Gasteiger partial charge >= 0.3 is 0 Å². The molecule has 0 heterocycles. The molecule has 0 saturated heterocycles. The zero-order valence-corrected chi connectivity index (χ0v) is 12.3. The van der Waals surface area contributed by atoms with Crippen LogP contribution in [0.15, 0.2) is 48.5 Å². The third kappa shape index (κ3) is 3.67. The van der Waals surface area contributed by atoms with Crippen LogP contribution in [0.3, 0.4) is 0 Å². The highest BCUT2D eigenvalue weighted by Crippen LogP contribution is 2.23. The van der Waals surface area contributed by atoms with Crippen molar-refractivity contribution in [3.05, 3.63) is 65.5 Å². The Kier molecular flexibility index (Phi) is 4.90. The van der Waals surface area contributed by atoms with Crippen LogP contribution in [0, 0.1) is 5.82 Å². The summed E-state index contributed by atoms with van der Waals surface area (Å²) >= 11 is 0. The lowest BCUT2D eigenvalue weighted by molar-refractivity contribution is 0.414. The van der Waals surface area contributed by atoms with E-state index in [1.54, 1.807) is 19.2 Å². The molecule has 0 aliphatic rings. The molecule has 2 nitrogen and oxygen atoms in total. The molecule has 0 aromatic heterocycles. The minimum Gasteiger partial charge on any atom is -0.497 e. The molecule has 20 heavy (non-hydrogen) atoms. The van der Waals surface area contributed by atoms with Crippen molar-refractivity contribution in [3.8, 4) is 5.75 Å². The summed E-state index contributed by atoms with van der Waals surface area (Å²) in [7, 11) is 0.547. The van der Waals surface area contributed by atoms with Gasteiger partial charge in [0.05, 0.1) is 12.4 Å². The summed E-state index contributed by atoms with van der Waals surface area (Å²) in [5, 5.41) is -0.137. The molecule has 0 fully saturated rings. The van der Waals surface area contributed by atoms with Gasteiger partial charge in [0.2, 0.25) is 0 Å². The Bertz CT molecular complexity index is 596. The van der Waals surface area contributed by atoms with E-state index in [1.807, 2.05) is 31.2 Å². The zero-order valence-electron chi connectivity index (χ0n) is 11.5. The lowest BCUT2D eigenvalue weighted by Crippen LogP contribution is -2.05. The number of rotatable bonds is 5. The van der Waals surface area contributed by atoms with Gasteiger partial charge in [0.15, 0.2) is 0 Å². The third-order valence-electron chi connectivity index (χ3n) is 3.18. The van der Waals surface area contributed by atoms with Crippen molar-refractivity contribution in [2.45, 2.75) is 17.9 Å². The van der Waals surface area contributed by atoms with Gasteiger partial charge in [0, 0.05) is 16.6 Å². The maximum atomic E-state index is 12.9. The van der Waals surface area contributed by atoms with Crippen LogP contribution in [0.25, 0.3) is 0 Å². The van der Waals surface area contributed by atoms with E-state index in [0.717, 1.165) is 16.9 Å². The highest BCUT2D eigenvalue weighted by Gasteiger charge is 2.14. The summed E-state index contributed by atoms with van der Waals surface area (Å²) in [5.74, 6) is 0.934. The molecule has 0 N–H and O–H groups in total. The number of methoxy groups -OCH3 is 1. The van der Waals surface area contributed by atoms with Crippen molar-refractivity contribution in [3.63, 3.8) is 0 Å². The van der Waals surface area contributed by atoms with Crippen molar-refractivity contribution >= 4 is 10.8 Å². The molecule has 2 rings (SSSR count). The molecule has 0 aliphatic carbocycles. The molecule has 2 aromatic carbocycles. The van der Waals surface area contributed by atoms with Gasteiger partial charge < -0.3 is 4.74 Å². The zero-order chi connectivity index (χ0) is 14.5. The number of hydrogen-bond donors (Lipinski definition) is 0. The van der Waals surface area contributed by atoms with E-state index >= 15 is 0 Å². The van der Waals surface area contributed by atoms with Gasteiger partial charge in [-0.2, -0.15) is 0 Å². The number of benzene rings is 2. The summed E-state index contributed by atoms with van der Waals surface area (Å²) in [6.45, 7) is 1.89. The Labute approximate surface area is 121 Å². The fraction of sp³-hybridized carbons (Fsp3) is 0.250. The number of ether oxygens (including phenoxy) is 1. The first-order chi connectivity index (χ1) is 9.60. The SMILES string of the molecule is COc1cccc(C[S@](=O)[C@H](C)c2ccc(F)cc2)c1. The highest BCUT2D eigenvalue weighted by atomic mass is 32.2. The van der Waals surface area contributed by atoms with E-state index in [1.165, 1.54) is 12.1 Å². The largest absolute Gasteiger partial charge is 0.497 e. The van der Waals surface area contributed by atoms with Gasteiger partial charge in [-0.05, 0) is 42.3 Å². The summed E-state index contributed by atoms with van der Waals surface area (Å²) in [5.41, 5.74) is 1.85. The normalized spacial score (nSPS) is 13.8. The summed E-state index contributed by atoms with van der Waals surface area (Å²) in [4.78, 5) is 0. The second kappa shape index (κ2) is 6.66. The molecule has 0 radical (unpaired) electrons. The molecule has 0 saturated carbocycles. The Hall–Kier alpha value is -1.68. The van der Waals surface area contributed by atoms with Crippen LogP contribution in [-0.2, 0) is 16.6 Å². The van der Waals surface area contributed by atoms with Gasteiger partial charge in [-0.1, -0.05) is 24.3 Å². The van der Waals surface area contributed by atoms with E-state index in [0.29, 0.717) is 5.75 Å². The van der Waals surface area contributed by atoms with Gasteiger partial charge in [-0.15, -0.1) is 0 Å². The molecule has 106 valence electrons. The first kappa shape index (κ1) is 14.7. The standard InChI is InChI=1S/C16H17FO2S/c1-12(14-6-8-15(17)9-7-14)20(18)11-13-4-3-5-16(10-13)19-2/h3-10,12H,11H2,1-2H3/t12-,20+/m1/s1. The van der Waals surface area contributed by atoms with Gasteiger partial charge in [-0.25, -0.2) is 4.39 Å². The molecule has 0 unspecified atom stereocenters. The van der Waals surface area contributed by atoms with Crippen molar-refractivity contribution < 1.29 is 13.3 Å². The third-order valence-corrected chi connectivity index (χ3v) is 4.86. The van der Waals surface area contributed by atoms with Crippen LogP contribution in [0.2, 0.25) is 0 Å². The van der Waals surface area contributed by atoms with Crippen molar-refractivity contribution in [1.82, 2.24) is 0 Å². The Morgan fingerprint density at radius 3 is 2.55 bits per heavy atom. The number of halogens is 1. The molecule has 0 bridgehead atoms. The topological polar surface area (TPSA) is 26.3 Å².